The Balaban J connectivity index is 2.11. The van der Waals surface area contributed by atoms with Crippen LogP contribution in [0.4, 0.5) is 0 Å². The summed E-state index contributed by atoms with van der Waals surface area (Å²) >= 11 is 0. The first-order chi connectivity index (χ1) is 12.1. The third-order valence-corrected chi connectivity index (χ3v) is 3.90. The Bertz CT molecular complexity index is 805. The van der Waals surface area contributed by atoms with Gasteiger partial charge in [0.15, 0.2) is 6.61 Å². The van der Waals surface area contributed by atoms with Crippen molar-refractivity contribution in [3.63, 3.8) is 0 Å². The second-order valence-corrected chi connectivity index (χ2v) is 7.19. The smallest absolute Gasteiger partial charge is 0.341 e. The van der Waals surface area contributed by atoms with E-state index in [1.54, 1.807) is 18.2 Å². The molecule has 2 aromatic rings. The lowest BCUT2D eigenvalue weighted by atomic mass is 10.1. The number of aryl methyl sites for hydroxylation is 1. The Morgan fingerprint density at radius 1 is 1.35 bits per heavy atom. The van der Waals surface area contributed by atoms with Gasteiger partial charge in [-0.05, 0) is 52.8 Å². The zero-order chi connectivity index (χ0) is 19.5. The molecule has 0 aliphatic rings. The average Bonchev–Trinajstić information content (AvgIpc) is 2.95. The highest BCUT2D eigenvalue weighted by atomic mass is 16.5. The number of carbonyl (C=O) groups excluding carboxylic acids is 1. The first kappa shape index (κ1) is 19.5. The van der Waals surface area contributed by atoms with Crippen LogP contribution in [0.15, 0.2) is 30.5 Å². The van der Waals surface area contributed by atoms with Crippen molar-refractivity contribution in [2.75, 3.05) is 6.61 Å². The summed E-state index contributed by atoms with van der Waals surface area (Å²) in [6, 6.07) is 6.22. The third-order valence-electron chi connectivity index (χ3n) is 3.90. The van der Waals surface area contributed by atoms with E-state index in [0.717, 1.165) is 11.3 Å². The van der Waals surface area contributed by atoms with E-state index < -0.39 is 12.6 Å². The normalized spacial score (nSPS) is 12.5. The number of aromatic nitrogens is 2. The summed E-state index contributed by atoms with van der Waals surface area (Å²) in [5.74, 6) is -0.995. The Morgan fingerprint density at radius 2 is 2.04 bits per heavy atom. The highest BCUT2D eigenvalue weighted by Crippen LogP contribution is 2.22. The minimum atomic E-state index is -1.07. The van der Waals surface area contributed by atoms with Crippen LogP contribution in [0.5, 0.6) is 5.75 Å². The van der Waals surface area contributed by atoms with E-state index in [9.17, 15) is 9.59 Å². The van der Waals surface area contributed by atoms with Crippen molar-refractivity contribution in [2.45, 2.75) is 46.2 Å². The molecule has 1 amide bonds. The predicted octanol–water partition coefficient (Wildman–Crippen LogP) is 2.90. The summed E-state index contributed by atoms with van der Waals surface area (Å²) in [6.07, 6.45) is 1.95. The minimum Gasteiger partial charge on any atom is -0.482 e. The fourth-order valence-electron chi connectivity index (χ4n) is 2.47. The molecule has 0 saturated heterocycles. The number of carboxylic acids is 1. The molecule has 1 atom stereocenters. The number of amides is 1. The largest absolute Gasteiger partial charge is 0.482 e. The van der Waals surface area contributed by atoms with Crippen LogP contribution >= 0.6 is 0 Å². The maximum atomic E-state index is 12.5. The van der Waals surface area contributed by atoms with Crippen molar-refractivity contribution in [3.8, 4) is 5.75 Å². The number of aliphatic carboxylic acids is 1. The van der Waals surface area contributed by atoms with Crippen LogP contribution in [-0.2, 0) is 10.3 Å². The standard InChI is InChI=1S/C19H25N3O4/c1-12(16-10-22(19(3,4)5)21-13(16)2)20-18(25)14-7-6-8-15(9-14)26-11-17(23)24/h6-10,12H,11H2,1-5H3,(H,20,25)(H,23,24). The van der Waals surface area contributed by atoms with Crippen molar-refractivity contribution in [2.24, 2.45) is 0 Å². The number of nitrogens with zero attached hydrogens (tertiary/aromatic N) is 2. The van der Waals surface area contributed by atoms with Crippen molar-refractivity contribution < 1.29 is 19.4 Å². The molecule has 1 unspecified atom stereocenters. The number of hydrogen-bond acceptors (Lipinski definition) is 4. The quantitative estimate of drug-likeness (QED) is 0.827. The molecule has 0 aliphatic carbocycles. The molecule has 26 heavy (non-hydrogen) atoms. The number of nitrogens with one attached hydrogen (secondary N) is 1. The van der Waals surface area contributed by atoms with Gasteiger partial charge in [0.2, 0.25) is 0 Å². The van der Waals surface area contributed by atoms with Crippen LogP contribution in [-0.4, -0.2) is 33.4 Å². The topological polar surface area (TPSA) is 93.5 Å². The molecule has 0 aliphatic heterocycles. The highest BCUT2D eigenvalue weighted by molar-refractivity contribution is 5.94. The van der Waals surface area contributed by atoms with Gasteiger partial charge in [0.25, 0.3) is 5.91 Å². The monoisotopic (exact) mass is 359 g/mol. The van der Waals surface area contributed by atoms with E-state index in [4.69, 9.17) is 9.84 Å². The van der Waals surface area contributed by atoms with Crippen molar-refractivity contribution in [1.29, 1.82) is 0 Å². The maximum Gasteiger partial charge on any atom is 0.341 e. The van der Waals surface area contributed by atoms with Crippen molar-refractivity contribution >= 4 is 11.9 Å². The van der Waals surface area contributed by atoms with Crippen LogP contribution in [0.2, 0.25) is 0 Å². The summed E-state index contributed by atoms with van der Waals surface area (Å²) in [5.41, 5.74) is 2.08. The van der Waals surface area contributed by atoms with Crippen LogP contribution in [0.25, 0.3) is 0 Å². The van der Waals surface area contributed by atoms with Gasteiger partial charge in [-0.1, -0.05) is 6.07 Å². The Morgan fingerprint density at radius 3 is 2.62 bits per heavy atom. The maximum absolute atomic E-state index is 12.5. The van der Waals surface area contributed by atoms with Gasteiger partial charge in [0, 0.05) is 17.3 Å². The first-order valence-electron chi connectivity index (χ1n) is 8.40. The molecule has 0 bridgehead atoms. The highest BCUT2D eigenvalue weighted by Gasteiger charge is 2.20. The lowest BCUT2D eigenvalue weighted by Crippen LogP contribution is -2.27. The molecule has 7 heteroatoms. The lowest BCUT2D eigenvalue weighted by molar-refractivity contribution is -0.139. The molecule has 140 valence electrons. The number of carboxylic acid groups (broad SMARTS) is 1. The Hall–Kier alpha value is -2.83. The first-order valence-corrected chi connectivity index (χ1v) is 8.40. The van der Waals surface area contributed by atoms with Gasteiger partial charge in [-0.25, -0.2) is 4.79 Å². The Labute approximate surface area is 153 Å². The molecule has 2 N–H and O–H groups in total. The number of benzene rings is 1. The molecular formula is C19H25N3O4. The number of rotatable bonds is 6. The number of ether oxygens (including phenoxy) is 1. The summed E-state index contributed by atoms with van der Waals surface area (Å²) in [4.78, 5) is 23.1. The van der Waals surface area contributed by atoms with E-state index >= 15 is 0 Å². The molecule has 2 rings (SSSR count). The van der Waals surface area contributed by atoms with Crippen molar-refractivity contribution in [3.05, 3.63) is 47.3 Å². The minimum absolute atomic E-state index is 0.136. The number of carbonyl (C=O) groups is 2. The van der Waals surface area contributed by atoms with E-state index in [1.807, 2.05) is 24.7 Å². The van der Waals surface area contributed by atoms with Gasteiger partial charge in [-0.2, -0.15) is 5.10 Å². The summed E-state index contributed by atoms with van der Waals surface area (Å²) in [7, 11) is 0. The molecular weight excluding hydrogens is 334 g/mol. The average molecular weight is 359 g/mol. The van der Waals surface area contributed by atoms with Gasteiger partial charge in [-0.15, -0.1) is 0 Å². The van der Waals surface area contributed by atoms with Gasteiger partial charge in [-0.3, -0.25) is 9.48 Å². The van der Waals surface area contributed by atoms with Crippen LogP contribution in [0.1, 0.15) is 55.4 Å². The second-order valence-electron chi connectivity index (χ2n) is 7.19. The summed E-state index contributed by atoms with van der Waals surface area (Å²) in [5, 5.41) is 16.1. The predicted molar refractivity (Wildman–Crippen MR) is 97.4 cm³/mol. The van der Waals surface area contributed by atoms with Gasteiger partial charge in [0.05, 0.1) is 17.3 Å². The second kappa shape index (κ2) is 7.59. The molecule has 0 fully saturated rings. The molecule has 7 nitrogen and oxygen atoms in total. The van der Waals surface area contributed by atoms with Crippen LogP contribution < -0.4 is 10.1 Å². The summed E-state index contributed by atoms with van der Waals surface area (Å²) < 4.78 is 7.00. The molecule has 1 aromatic carbocycles. The van der Waals surface area contributed by atoms with Crippen molar-refractivity contribution in [1.82, 2.24) is 15.1 Å². The fourth-order valence-corrected chi connectivity index (χ4v) is 2.47. The molecule has 0 spiro atoms. The van der Waals surface area contributed by atoms with E-state index in [-0.39, 0.29) is 17.5 Å². The Kier molecular flexibility index (Phi) is 5.69. The SMILES string of the molecule is Cc1nn(C(C)(C)C)cc1C(C)NC(=O)c1cccc(OCC(=O)O)c1. The zero-order valence-corrected chi connectivity index (χ0v) is 15.7. The van der Waals surface area contributed by atoms with E-state index in [2.05, 4.69) is 31.2 Å². The lowest BCUT2D eigenvalue weighted by Gasteiger charge is -2.19. The van der Waals surface area contributed by atoms with E-state index in [0.29, 0.717) is 11.3 Å². The summed E-state index contributed by atoms with van der Waals surface area (Å²) in [6.45, 7) is 9.56. The van der Waals surface area contributed by atoms with E-state index in [1.165, 1.54) is 6.07 Å². The third kappa shape index (κ3) is 4.84. The molecule has 1 heterocycles. The van der Waals surface area contributed by atoms with Gasteiger partial charge >= 0.3 is 5.97 Å². The zero-order valence-electron chi connectivity index (χ0n) is 15.7. The molecule has 1 aromatic heterocycles. The molecule has 0 radical (unpaired) electrons. The van der Waals surface area contributed by atoms with Gasteiger partial charge in [0.1, 0.15) is 5.75 Å². The molecule has 0 saturated carbocycles. The fraction of sp³-hybridized carbons (Fsp3) is 0.421. The van der Waals surface area contributed by atoms with Crippen LogP contribution in [0, 0.1) is 6.92 Å². The van der Waals surface area contributed by atoms with Gasteiger partial charge < -0.3 is 15.2 Å². The number of hydrogen-bond donors (Lipinski definition) is 2. The van der Waals surface area contributed by atoms with Crippen LogP contribution in [0.3, 0.4) is 0 Å².